The Morgan fingerprint density at radius 2 is 1.62 bits per heavy atom. The molecule has 0 fully saturated rings. The normalized spacial score (nSPS) is 11.7. The van der Waals surface area contributed by atoms with Crippen LogP contribution in [0.25, 0.3) is 0 Å². The van der Waals surface area contributed by atoms with Crippen molar-refractivity contribution in [2.45, 2.75) is 37.1 Å². The largest absolute Gasteiger partial charge is 0.321 e. The number of thiol groups is 1. The van der Waals surface area contributed by atoms with E-state index in [1.165, 1.54) is 5.56 Å². The minimum Gasteiger partial charge on any atom is -0.321 e. The molecule has 0 saturated heterocycles. The summed E-state index contributed by atoms with van der Waals surface area (Å²) in [4.78, 5) is 0.985. The fraction of sp³-hybridized carbons (Fsp3) is 0.455. The van der Waals surface area contributed by atoms with Crippen LogP contribution in [0.4, 0.5) is 0 Å². The molecule has 13 heavy (non-hydrogen) atoms. The van der Waals surface area contributed by atoms with Gasteiger partial charge in [0.2, 0.25) is 0 Å². The highest BCUT2D eigenvalue weighted by Gasteiger charge is 2.21. The lowest BCUT2D eigenvalue weighted by Gasteiger charge is -2.27. The lowest BCUT2D eigenvalue weighted by Crippen LogP contribution is -2.34. The lowest BCUT2D eigenvalue weighted by molar-refractivity contribution is 0.412. The van der Waals surface area contributed by atoms with Crippen molar-refractivity contribution in [1.29, 1.82) is 0 Å². The van der Waals surface area contributed by atoms with Crippen molar-refractivity contribution in [2.24, 2.45) is 5.73 Å². The second-order valence-electron chi connectivity index (χ2n) is 3.41. The number of hydrogen-bond donors (Lipinski definition) is 2. The van der Waals surface area contributed by atoms with Gasteiger partial charge < -0.3 is 5.73 Å². The second-order valence-corrected chi connectivity index (χ2v) is 3.93. The minimum absolute atomic E-state index is 0.165. The molecule has 0 unspecified atom stereocenters. The molecule has 0 aliphatic carbocycles. The third kappa shape index (κ3) is 2.26. The Hall–Kier alpha value is -0.470. The zero-order chi connectivity index (χ0) is 9.90. The first kappa shape index (κ1) is 10.6. The van der Waals surface area contributed by atoms with Crippen LogP contribution in [0.3, 0.4) is 0 Å². The van der Waals surface area contributed by atoms with Crippen molar-refractivity contribution in [2.75, 3.05) is 0 Å². The van der Waals surface area contributed by atoms with E-state index >= 15 is 0 Å². The maximum Gasteiger partial charge on any atom is 0.0404 e. The highest BCUT2D eigenvalue weighted by atomic mass is 32.1. The summed E-state index contributed by atoms with van der Waals surface area (Å²) in [6, 6.07) is 8.11. The third-order valence-corrected chi connectivity index (χ3v) is 3.00. The van der Waals surface area contributed by atoms with Gasteiger partial charge in [0.05, 0.1) is 0 Å². The monoisotopic (exact) mass is 195 g/mol. The predicted molar refractivity (Wildman–Crippen MR) is 60.1 cm³/mol. The summed E-state index contributed by atoms with van der Waals surface area (Å²) in [5, 5.41) is 0. The van der Waals surface area contributed by atoms with Gasteiger partial charge in [-0.15, -0.1) is 12.6 Å². The van der Waals surface area contributed by atoms with Gasteiger partial charge in [-0.05, 0) is 30.5 Å². The average Bonchev–Trinajstić information content (AvgIpc) is 2.18. The number of nitrogens with two attached hydrogens (primary N) is 1. The van der Waals surface area contributed by atoms with Crippen molar-refractivity contribution in [3.63, 3.8) is 0 Å². The molecule has 0 heterocycles. The molecule has 0 atom stereocenters. The summed E-state index contributed by atoms with van der Waals surface area (Å²) >= 11 is 4.25. The molecule has 0 saturated carbocycles. The van der Waals surface area contributed by atoms with Crippen LogP contribution in [0.15, 0.2) is 29.2 Å². The molecule has 1 rings (SSSR count). The molecule has 1 aromatic carbocycles. The average molecular weight is 195 g/mol. The van der Waals surface area contributed by atoms with Crippen molar-refractivity contribution >= 4 is 12.6 Å². The summed E-state index contributed by atoms with van der Waals surface area (Å²) in [6.45, 7) is 4.25. The van der Waals surface area contributed by atoms with E-state index < -0.39 is 0 Å². The second kappa shape index (κ2) is 4.16. The Morgan fingerprint density at radius 3 is 2.00 bits per heavy atom. The van der Waals surface area contributed by atoms with Crippen LogP contribution >= 0.6 is 12.6 Å². The summed E-state index contributed by atoms with van der Waals surface area (Å²) in [5.74, 6) is 0. The van der Waals surface area contributed by atoms with Crippen LogP contribution in [-0.4, -0.2) is 0 Å². The van der Waals surface area contributed by atoms with Gasteiger partial charge in [-0.1, -0.05) is 26.0 Å². The summed E-state index contributed by atoms with van der Waals surface area (Å²) < 4.78 is 0. The number of hydrogen-bond acceptors (Lipinski definition) is 2. The Kier molecular flexibility index (Phi) is 3.40. The van der Waals surface area contributed by atoms with Crippen LogP contribution in [0.2, 0.25) is 0 Å². The smallest absolute Gasteiger partial charge is 0.0404 e. The molecule has 0 aliphatic heterocycles. The fourth-order valence-electron chi connectivity index (χ4n) is 1.45. The highest BCUT2D eigenvalue weighted by molar-refractivity contribution is 7.80. The first-order valence-electron chi connectivity index (χ1n) is 4.70. The minimum atomic E-state index is -0.165. The molecule has 72 valence electrons. The van der Waals surface area contributed by atoms with Gasteiger partial charge in [-0.2, -0.15) is 0 Å². The zero-order valence-corrected chi connectivity index (χ0v) is 9.14. The molecule has 0 bridgehead atoms. The van der Waals surface area contributed by atoms with Crippen molar-refractivity contribution in [3.05, 3.63) is 29.8 Å². The van der Waals surface area contributed by atoms with Crippen LogP contribution in [-0.2, 0) is 5.54 Å². The first-order chi connectivity index (χ1) is 6.12. The van der Waals surface area contributed by atoms with Crippen LogP contribution in [0.5, 0.6) is 0 Å². The van der Waals surface area contributed by atoms with E-state index in [0.29, 0.717) is 0 Å². The molecule has 0 radical (unpaired) electrons. The van der Waals surface area contributed by atoms with Gasteiger partial charge in [0, 0.05) is 10.4 Å². The molecule has 0 spiro atoms. The SMILES string of the molecule is CCC(N)(CC)c1ccc(S)cc1. The third-order valence-electron chi connectivity index (χ3n) is 2.70. The van der Waals surface area contributed by atoms with E-state index in [1.54, 1.807) is 0 Å². The van der Waals surface area contributed by atoms with Gasteiger partial charge in [-0.25, -0.2) is 0 Å². The lowest BCUT2D eigenvalue weighted by atomic mass is 9.86. The van der Waals surface area contributed by atoms with Gasteiger partial charge in [0.1, 0.15) is 0 Å². The van der Waals surface area contributed by atoms with Crippen LogP contribution in [0, 0.1) is 0 Å². The summed E-state index contributed by atoms with van der Waals surface area (Å²) in [5.41, 5.74) is 7.28. The quantitative estimate of drug-likeness (QED) is 0.713. The van der Waals surface area contributed by atoms with Gasteiger partial charge in [0.15, 0.2) is 0 Å². The predicted octanol–water partition coefficient (Wildman–Crippen LogP) is 2.95. The van der Waals surface area contributed by atoms with Crippen molar-refractivity contribution < 1.29 is 0 Å². The topological polar surface area (TPSA) is 26.0 Å². The van der Waals surface area contributed by atoms with Crippen molar-refractivity contribution in [3.8, 4) is 0 Å². The van der Waals surface area contributed by atoms with E-state index in [2.05, 4.69) is 38.6 Å². The van der Waals surface area contributed by atoms with Gasteiger partial charge >= 0.3 is 0 Å². The Bertz CT molecular complexity index is 262. The molecular formula is C11H17NS. The number of benzene rings is 1. The van der Waals surface area contributed by atoms with Crippen molar-refractivity contribution in [1.82, 2.24) is 0 Å². The molecule has 0 aromatic heterocycles. The van der Waals surface area contributed by atoms with E-state index in [0.717, 1.165) is 17.7 Å². The molecule has 2 heteroatoms. The van der Waals surface area contributed by atoms with E-state index in [4.69, 9.17) is 5.73 Å². The Morgan fingerprint density at radius 1 is 1.15 bits per heavy atom. The fourth-order valence-corrected chi connectivity index (χ4v) is 1.60. The van der Waals surface area contributed by atoms with Crippen LogP contribution in [0.1, 0.15) is 32.3 Å². The summed E-state index contributed by atoms with van der Waals surface area (Å²) in [6.07, 6.45) is 1.94. The first-order valence-corrected chi connectivity index (χ1v) is 5.15. The molecule has 2 N–H and O–H groups in total. The molecule has 1 aromatic rings. The molecule has 1 nitrogen and oxygen atoms in total. The zero-order valence-electron chi connectivity index (χ0n) is 8.25. The standard InChI is InChI=1S/C11H17NS/c1-3-11(12,4-2)9-5-7-10(13)8-6-9/h5-8,13H,3-4,12H2,1-2H3. The maximum atomic E-state index is 6.24. The number of rotatable bonds is 3. The summed E-state index contributed by atoms with van der Waals surface area (Å²) in [7, 11) is 0. The molecular weight excluding hydrogens is 178 g/mol. The Labute approximate surface area is 85.8 Å². The highest BCUT2D eigenvalue weighted by Crippen LogP contribution is 2.26. The molecule has 0 aliphatic rings. The molecule has 0 amide bonds. The van der Waals surface area contributed by atoms with Gasteiger partial charge in [-0.3, -0.25) is 0 Å². The van der Waals surface area contributed by atoms with E-state index in [9.17, 15) is 0 Å². The van der Waals surface area contributed by atoms with E-state index in [-0.39, 0.29) is 5.54 Å². The van der Waals surface area contributed by atoms with Gasteiger partial charge in [0.25, 0.3) is 0 Å². The van der Waals surface area contributed by atoms with Crippen LogP contribution < -0.4 is 5.73 Å². The van der Waals surface area contributed by atoms with E-state index in [1.807, 2.05) is 12.1 Å². The maximum absolute atomic E-state index is 6.24. The Balaban J connectivity index is 2.99.